The zero-order chi connectivity index (χ0) is 9.84. The summed E-state index contributed by atoms with van der Waals surface area (Å²) >= 11 is 0. The van der Waals surface area contributed by atoms with Gasteiger partial charge in [-0.15, -0.1) is 0 Å². The maximum Gasteiger partial charge on any atom is 0.129 e. The number of anilines is 1. The molecule has 0 aliphatic rings. The van der Waals surface area contributed by atoms with E-state index in [0.717, 1.165) is 5.56 Å². The van der Waals surface area contributed by atoms with Gasteiger partial charge in [-0.25, -0.2) is 0 Å². The standard InChI is InChI=1S/C9H14N2O2/c1-12-6-3-8(11)7(5-10)9(4-6)13-2/h3-4H,5,10-11H2,1-2H3. The molecule has 0 amide bonds. The average Bonchev–Trinajstić information content (AvgIpc) is 2.16. The van der Waals surface area contributed by atoms with Crippen molar-refractivity contribution in [3.8, 4) is 11.5 Å². The molecular weight excluding hydrogens is 168 g/mol. The van der Waals surface area contributed by atoms with Crippen molar-refractivity contribution in [3.05, 3.63) is 17.7 Å². The first-order valence-corrected chi connectivity index (χ1v) is 3.93. The molecule has 1 aromatic rings. The highest BCUT2D eigenvalue weighted by Gasteiger charge is 2.07. The maximum atomic E-state index is 5.74. The second kappa shape index (κ2) is 4.00. The third kappa shape index (κ3) is 1.84. The molecular formula is C9H14N2O2. The lowest BCUT2D eigenvalue weighted by Gasteiger charge is -2.11. The number of rotatable bonds is 3. The van der Waals surface area contributed by atoms with Gasteiger partial charge in [0.05, 0.1) is 14.2 Å². The lowest BCUT2D eigenvalue weighted by molar-refractivity contribution is 0.391. The minimum atomic E-state index is 0.360. The second-order valence-corrected chi connectivity index (χ2v) is 2.60. The molecule has 13 heavy (non-hydrogen) atoms. The fourth-order valence-corrected chi connectivity index (χ4v) is 1.16. The van der Waals surface area contributed by atoms with Gasteiger partial charge in [0.25, 0.3) is 0 Å². The number of nitrogens with two attached hydrogens (primary N) is 2. The third-order valence-corrected chi connectivity index (χ3v) is 1.88. The molecule has 72 valence electrons. The summed E-state index contributed by atoms with van der Waals surface area (Å²) in [7, 11) is 3.16. The van der Waals surface area contributed by atoms with Crippen molar-refractivity contribution in [3.63, 3.8) is 0 Å². The van der Waals surface area contributed by atoms with Crippen LogP contribution in [0.15, 0.2) is 12.1 Å². The smallest absolute Gasteiger partial charge is 0.129 e. The van der Waals surface area contributed by atoms with Crippen molar-refractivity contribution in [1.82, 2.24) is 0 Å². The Morgan fingerprint density at radius 2 is 1.92 bits per heavy atom. The van der Waals surface area contributed by atoms with Crippen LogP contribution in [0, 0.1) is 0 Å². The molecule has 0 heterocycles. The first-order chi connectivity index (χ1) is 6.22. The lowest BCUT2D eigenvalue weighted by atomic mass is 10.1. The molecule has 4 N–H and O–H groups in total. The summed E-state index contributed by atoms with van der Waals surface area (Å²) in [5.41, 5.74) is 12.7. The Morgan fingerprint density at radius 1 is 1.23 bits per heavy atom. The summed E-state index contributed by atoms with van der Waals surface area (Å²) in [4.78, 5) is 0. The van der Waals surface area contributed by atoms with Crippen molar-refractivity contribution in [2.45, 2.75) is 6.54 Å². The van der Waals surface area contributed by atoms with E-state index in [1.54, 1.807) is 26.4 Å². The van der Waals surface area contributed by atoms with Gasteiger partial charge in [-0.05, 0) is 0 Å². The molecule has 1 aromatic carbocycles. The van der Waals surface area contributed by atoms with Crippen LogP contribution in [0.1, 0.15) is 5.56 Å². The minimum absolute atomic E-state index is 0.360. The van der Waals surface area contributed by atoms with Gasteiger partial charge < -0.3 is 20.9 Å². The lowest BCUT2D eigenvalue weighted by Crippen LogP contribution is -2.04. The Hall–Kier alpha value is -1.42. The predicted molar refractivity (Wildman–Crippen MR) is 51.8 cm³/mol. The Bertz CT molecular complexity index is 300. The first kappa shape index (κ1) is 9.67. The van der Waals surface area contributed by atoms with Crippen LogP contribution in [0.4, 0.5) is 5.69 Å². The van der Waals surface area contributed by atoms with Crippen LogP contribution in [0.5, 0.6) is 11.5 Å². The van der Waals surface area contributed by atoms with Gasteiger partial charge in [0.2, 0.25) is 0 Å². The van der Waals surface area contributed by atoms with Crippen molar-refractivity contribution in [2.75, 3.05) is 20.0 Å². The quantitative estimate of drug-likeness (QED) is 0.676. The van der Waals surface area contributed by atoms with E-state index in [0.29, 0.717) is 23.7 Å². The van der Waals surface area contributed by atoms with Gasteiger partial charge in [0.1, 0.15) is 11.5 Å². The molecule has 0 unspecified atom stereocenters. The predicted octanol–water partition coefficient (Wildman–Crippen LogP) is 0.745. The van der Waals surface area contributed by atoms with Gasteiger partial charge in [-0.2, -0.15) is 0 Å². The molecule has 0 aromatic heterocycles. The Balaban J connectivity index is 3.20. The fraction of sp³-hybridized carbons (Fsp3) is 0.333. The SMILES string of the molecule is COc1cc(N)c(CN)c(OC)c1. The molecule has 4 heteroatoms. The number of methoxy groups -OCH3 is 2. The number of hydrogen-bond donors (Lipinski definition) is 2. The third-order valence-electron chi connectivity index (χ3n) is 1.88. The second-order valence-electron chi connectivity index (χ2n) is 2.60. The Labute approximate surface area is 77.4 Å². The van der Waals surface area contributed by atoms with Crippen LogP contribution in [-0.2, 0) is 6.54 Å². The van der Waals surface area contributed by atoms with Crippen LogP contribution >= 0.6 is 0 Å². The molecule has 0 aliphatic carbocycles. The molecule has 0 spiro atoms. The van der Waals surface area contributed by atoms with Gasteiger partial charge in [-0.3, -0.25) is 0 Å². The van der Waals surface area contributed by atoms with Crippen LogP contribution in [0.25, 0.3) is 0 Å². The van der Waals surface area contributed by atoms with Crippen molar-refractivity contribution in [1.29, 1.82) is 0 Å². The Kier molecular flexibility index (Phi) is 2.97. The highest BCUT2D eigenvalue weighted by atomic mass is 16.5. The topological polar surface area (TPSA) is 70.5 Å². The molecule has 0 aliphatic heterocycles. The van der Waals surface area contributed by atoms with E-state index in [-0.39, 0.29) is 0 Å². The van der Waals surface area contributed by atoms with E-state index < -0.39 is 0 Å². The van der Waals surface area contributed by atoms with Gasteiger partial charge in [0.15, 0.2) is 0 Å². The van der Waals surface area contributed by atoms with E-state index in [2.05, 4.69) is 0 Å². The molecule has 4 nitrogen and oxygen atoms in total. The molecule has 0 atom stereocenters. The highest BCUT2D eigenvalue weighted by molar-refractivity contribution is 5.58. The number of nitrogen functional groups attached to an aromatic ring is 1. The Morgan fingerprint density at radius 3 is 2.38 bits per heavy atom. The summed E-state index contributed by atoms with van der Waals surface area (Å²) in [6, 6.07) is 3.49. The summed E-state index contributed by atoms with van der Waals surface area (Å²) < 4.78 is 10.2. The number of benzene rings is 1. The van der Waals surface area contributed by atoms with E-state index in [4.69, 9.17) is 20.9 Å². The van der Waals surface area contributed by atoms with Crippen molar-refractivity contribution < 1.29 is 9.47 Å². The van der Waals surface area contributed by atoms with E-state index in [1.807, 2.05) is 0 Å². The summed E-state index contributed by atoms with van der Waals surface area (Å²) in [5, 5.41) is 0. The largest absolute Gasteiger partial charge is 0.497 e. The zero-order valence-corrected chi connectivity index (χ0v) is 7.83. The van der Waals surface area contributed by atoms with Gasteiger partial charge in [-0.1, -0.05) is 0 Å². The molecule has 0 saturated heterocycles. The first-order valence-electron chi connectivity index (χ1n) is 3.93. The monoisotopic (exact) mass is 182 g/mol. The molecule has 0 fully saturated rings. The average molecular weight is 182 g/mol. The molecule has 0 saturated carbocycles. The van der Waals surface area contributed by atoms with E-state index in [1.165, 1.54) is 0 Å². The highest BCUT2D eigenvalue weighted by Crippen LogP contribution is 2.29. The van der Waals surface area contributed by atoms with Crippen molar-refractivity contribution >= 4 is 5.69 Å². The maximum absolute atomic E-state index is 5.74. The number of hydrogen-bond acceptors (Lipinski definition) is 4. The zero-order valence-electron chi connectivity index (χ0n) is 7.83. The fourth-order valence-electron chi connectivity index (χ4n) is 1.16. The summed E-state index contributed by atoms with van der Waals surface area (Å²) in [6.07, 6.45) is 0. The van der Waals surface area contributed by atoms with Crippen LogP contribution in [0.3, 0.4) is 0 Å². The van der Waals surface area contributed by atoms with Crippen LogP contribution in [-0.4, -0.2) is 14.2 Å². The molecule has 0 bridgehead atoms. The van der Waals surface area contributed by atoms with Crippen molar-refractivity contribution in [2.24, 2.45) is 5.73 Å². The van der Waals surface area contributed by atoms with Gasteiger partial charge >= 0.3 is 0 Å². The molecule has 0 radical (unpaired) electrons. The summed E-state index contributed by atoms with van der Waals surface area (Å²) in [5.74, 6) is 1.34. The van der Waals surface area contributed by atoms with Crippen LogP contribution < -0.4 is 20.9 Å². The normalized spacial score (nSPS) is 9.77. The van der Waals surface area contributed by atoms with E-state index in [9.17, 15) is 0 Å². The molecule has 1 rings (SSSR count). The van der Waals surface area contributed by atoms with Gasteiger partial charge in [0, 0.05) is 29.9 Å². The van der Waals surface area contributed by atoms with Crippen LogP contribution in [0.2, 0.25) is 0 Å². The minimum Gasteiger partial charge on any atom is -0.497 e. The van der Waals surface area contributed by atoms with E-state index >= 15 is 0 Å². The summed E-state index contributed by atoms with van der Waals surface area (Å²) in [6.45, 7) is 0.360. The number of ether oxygens (including phenoxy) is 2.